The molecule has 3 aromatic rings. The molecule has 0 saturated carbocycles. The molecule has 4 heteroatoms. The molecule has 0 N–H and O–H groups in total. The quantitative estimate of drug-likeness (QED) is 0.569. The van der Waals surface area contributed by atoms with Gasteiger partial charge in [-0.3, -0.25) is 0 Å². The minimum absolute atomic E-state index is 0.760. The van der Waals surface area contributed by atoms with Gasteiger partial charge in [0.25, 0.3) is 0 Å². The molecule has 1 aromatic heterocycles. The molecule has 0 aliphatic rings. The van der Waals surface area contributed by atoms with Crippen molar-refractivity contribution in [1.82, 2.24) is 10.2 Å². The van der Waals surface area contributed by atoms with Crippen molar-refractivity contribution >= 4 is 23.4 Å². The van der Waals surface area contributed by atoms with Gasteiger partial charge in [0.1, 0.15) is 5.03 Å². The molecule has 116 valence electrons. The van der Waals surface area contributed by atoms with Gasteiger partial charge in [0, 0.05) is 16.3 Å². The van der Waals surface area contributed by atoms with E-state index in [1.807, 2.05) is 36.4 Å². The third kappa shape index (κ3) is 4.12. The second-order valence-electron chi connectivity index (χ2n) is 5.47. The highest BCUT2D eigenvalue weighted by Crippen LogP contribution is 2.24. The van der Waals surface area contributed by atoms with E-state index in [1.54, 1.807) is 11.8 Å². The Kier molecular flexibility index (Phi) is 4.99. The highest BCUT2D eigenvalue weighted by Gasteiger charge is 2.04. The first-order valence-electron chi connectivity index (χ1n) is 7.40. The van der Waals surface area contributed by atoms with Crippen LogP contribution in [0, 0.1) is 13.8 Å². The van der Waals surface area contributed by atoms with Gasteiger partial charge in [0.05, 0.1) is 5.69 Å². The summed E-state index contributed by atoms with van der Waals surface area (Å²) >= 11 is 7.57. The second kappa shape index (κ2) is 7.16. The average Bonchev–Trinajstić information content (AvgIpc) is 2.57. The van der Waals surface area contributed by atoms with Crippen LogP contribution in [0.25, 0.3) is 11.3 Å². The average molecular weight is 341 g/mol. The Morgan fingerprint density at radius 1 is 0.870 bits per heavy atom. The van der Waals surface area contributed by atoms with Crippen LogP contribution in [0.1, 0.15) is 16.7 Å². The van der Waals surface area contributed by atoms with E-state index in [0.717, 1.165) is 27.1 Å². The maximum Gasteiger partial charge on any atom is 0.119 e. The Morgan fingerprint density at radius 2 is 1.65 bits per heavy atom. The fraction of sp³-hybridized carbons (Fsp3) is 0.158. The minimum Gasteiger partial charge on any atom is -0.149 e. The molecule has 23 heavy (non-hydrogen) atoms. The lowest BCUT2D eigenvalue weighted by molar-refractivity contribution is 0.935. The first kappa shape index (κ1) is 16.0. The summed E-state index contributed by atoms with van der Waals surface area (Å²) in [5, 5.41) is 10.4. The van der Waals surface area contributed by atoms with E-state index in [9.17, 15) is 0 Å². The molecule has 0 aliphatic heterocycles. The smallest absolute Gasteiger partial charge is 0.119 e. The first-order valence-corrected chi connectivity index (χ1v) is 8.77. The number of halogens is 1. The highest BCUT2D eigenvalue weighted by atomic mass is 35.5. The summed E-state index contributed by atoms with van der Waals surface area (Å²) in [6.07, 6.45) is 0. The molecule has 0 saturated heterocycles. The Morgan fingerprint density at radius 3 is 2.30 bits per heavy atom. The van der Waals surface area contributed by atoms with Gasteiger partial charge in [-0.15, -0.1) is 10.2 Å². The monoisotopic (exact) mass is 340 g/mol. The summed E-state index contributed by atoms with van der Waals surface area (Å²) in [4.78, 5) is 0. The van der Waals surface area contributed by atoms with Crippen molar-refractivity contribution < 1.29 is 0 Å². The summed E-state index contributed by atoms with van der Waals surface area (Å²) in [7, 11) is 0. The summed E-state index contributed by atoms with van der Waals surface area (Å²) in [5.41, 5.74) is 5.79. The molecule has 0 aliphatic carbocycles. The minimum atomic E-state index is 0.760. The standard InChI is InChI=1S/C19H17ClN2S/c1-13-3-6-16(11-14(13)2)18-9-10-19(22-21-18)23-12-15-4-7-17(20)8-5-15/h3-11H,12H2,1-2H3. The lowest BCUT2D eigenvalue weighted by atomic mass is 10.0. The van der Waals surface area contributed by atoms with E-state index in [4.69, 9.17) is 11.6 Å². The van der Waals surface area contributed by atoms with Gasteiger partial charge >= 0.3 is 0 Å². The Labute approximate surface area is 145 Å². The summed E-state index contributed by atoms with van der Waals surface area (Å²) < 4.78 is 0. The van der Waals surface area contributed by atoms with Gasteiger partial charge in [-0.25, -0.2) is 0 Å². The molecule has 1 heterocycles. The zero-order chi connectivity index (χ0) is 16.2. The zero-order valence-corrected chi connectivity index (χ0v) is 14.7. The molecular formula is C19H17ClN2S. The number of rotatable bonds is 4. The molecule has 0 amide bonds. The molecule has 2 aromatic carbocycles. The van der Waals surface area contributed by atoms with Crippen LogP contribution < -0.4 is 0 Å². The fourth-order valence-electron chi connectivity index (χ4n) is 2.19. The van der Waals surface area contributed by atoms with E-state index >= 15 is 0 Å². The predicted octanol–water partition coefficient (Wildman–Crippen LogP) is 5.71. The SMILES string of the molecule is Cc1ccc(-c2ccc(SCc3ccc(Cl)cc3)nn2)cc1C. The number of hydrogen-bond donors (Lipinski definition) is 0. The Hall–Kier alpha value is -1.84. The normalized spacial score (nSPS) is 10.7. The summed E-state index contributed by atoms with van der Waals surface area (Å²) in [6, 6.07) is 18.3. The van der Waals surface area contributed by atoms with Gasteiger partial charge in [0.2, 0.25) is 0 Å². The molecule has 0 radical (unpaired) electrons. The van der Waals surface area contributed by atoms with E-state index in [1.165, 1.54) is 16.7 Å². The van der Waals surface area contributed by atoms with Crippen molar-refractivity contribution in [2.45, 2.75) is 24.6 Å². The van der Waals surface area contributed by atoms with E-state index in [2.05, 4.69) is 42.2 Å². The van der Waals surface area contributed by atoms with E-state index in [-0.39, 0.29) is 0 Å². The molecule has 0 atom stereocenters. The van der Waals surface area contributed by atoms with Crippen LogP contribution in [0.5, 0.6) is 0 Å². The van der Waals surface area contributed by atoms with Crippen molar-refractivity contribution in [1.29, 1.82) is 0 Å². The highest BCUT2D eigenvalue weighted by molar-refractivity contribution is 7.98. The van der Waals surface area contributed by atoms with Gasteiger partial charge in [-0.05, 0) is 60.9 Å². The van der Waals surface area contributed by atoms with Crippen LogP contribution >= 0.6 is 23.4 Å². The summed E-state index contributed by atoms with van der Waals surface area (Å²) in [6.45, 7) is 4.23. The van der Waals surface area contributed by atoms with Crippen LogP contribution in [0.3, 0.4) is 0 Å². The van der Waals surface area contributed by atoms with Crippen molar-refractivity contribution in [3.63, 3.8) is 0 Å². The Bertz CT molecular complexity index is 799. The van der Waals surface area contributed by atoms with Gasteiger partial charge in [0.15, 0.2) is 0 Å². The van der Waals surface area contributed by atoms with Crippen molar-refractivity contribution in [3.05, 3.63) is 76.3 Å². The van der Waals surface area contributed by atoms with Crippen LogP contribution in [0.15, 0.2) is 59.6 Å². The lowest BCUT2D eigenvalue weighted by Crippen LogP contribution is -1.91. The van der Waals surface area contributed by atoms with Gasteiger partial charge < -0.3 is 0 Å². The fourth-order valence-corrected chi connectivity index (χ4v) is 3.09. The van der Waals surface area contributed by atoms with Crippen molar-refractivity contribution in [2.75, 3.05) is 0 Å². The number of aryl methyl sites for hydroxylation is 2. The van der Waals surface area contributed by atoms with Crippen LogP contribution in [0.4, 0.5) is 0 Å². The largest absolute Gasteiger partial charge is 0.149 e. The lowest BCUT2D eigenvalue weighted by Gasteiger charge is -2.05. The molecule has 0 bridgehead atoms. The number of hydrogen-bond acceptors (Lipinski definition) is 3. The van der Waals surface area contributed by atoms with Gasteiger partial charge in [-0.1, -0.05) is 47.6 Å². The second-order valence-corrected chi connectivity index (χ2v) is 6.90. The van der Waals surface area contributed by atoms with Crippen LogP contribution in [-0.2, 0) is 5.75 Å². The van der Waals surface area contributed by atoms with Crippen LogP contribution in [0.2, 0.25) is 5.02 Å². The third-order valence-corrected chi connectivity index (χ3v) is 4.99. The number of thioether (sulfide) groups is 1. The molecule has 2 nitrogen and oxygen atoms in total. The molecular weight excluding hydrogens is 324 g/mol. The van der Waals surface area contributed by atoms with E-state index in [0.29, 0.717) is 0 Å². The predicted molar refractivity (Wildman–Crippen MR) is 98.0 cm³/mol. The van der Waals surface area contributed by atoms with Crippen molar-refractivity contribution in [3.8, 4) is 11.3 Å². The van der Waals surface area contributed by atoms with Crippen molar-refractivity contribution in [2.24, 2.45) is 0 Å². The molecule has 3 rings (SSSR count). The number of benzene rings is 2. The van der Waals surface area contributed by atoms with Gasteiger partial charge in [-0.2, -0.15) is 0 Å². The number of aromatic nitrogens is 2. The maximum atomic E-state index is 5.90. The maximum absolute atomic E-state index is 5.90. The van der Waals surface area contributed by atoms with Crippen LogP contribution in [-0.4, -0.2) is 10.2 Å². The van der Waals surface area contributed by atoms with E-state index < -0.39 is 0 Å². The molecule has 0 spiro atoms. The topological polar surface area (TPSA) is 25.8 Å². The third-order valence-electron chi connectivity index (χ3n) is 3.74. The first-order chi connectivity index (χ1) is 11.1. The summed E-state index contributed by atoms with van der Waals surface area (Å²) in [5.74, 6) is 0.856. The Balaban J connectivity index is 1.69. The molecule has 0 fully saturated rings. The number of nitrogens with zero attached hydrogens (tertiary/aromatic N) is 2. The zero-order valence-electron chi connectivity index (χ0n) is 13.1. The molecule has 0 unspecified atom stereocenters.